The van der Waals surface area contributed by atoms with Crippen molar-refractivity contribution in [1.82, 2.24) is 0 Å². The van der Waals surface area contributed by atoms with Gasteiger partial charge in [-0.05, 0) is 79.4 Å². The lowest BCUT2D eigenvalue weighted by Gasteiger charge is -2.58. The molecule has 0 bridgehead atoms. The summed E-state index contributed by atoms with van der Waals surface area (Å²) in [6, 6.07) is 0. The molecule has 0 radical (unpaired) electrons. The van der Waals surface area contributed by atoms with Crippen LogP contribution in [0, 0.1) is 46.3 Å². The maximum atomic E-state index is 12.4. The molecule has 1 heterocycles. The molecule has 4 nitrogen and oxygen atoms in total. The third-order valence-electron chi connectivity index (χ3n) is 10.7. The van der Waals surface area contributed by atoms with Gasteiger partial charge in [-0.1, -0.05) is 39.3 Å². The Morgan fingerprint density at radius 3 is 2.68 bits per heavy atom. The number of allylic oxidation sites excluding steroid dienone is 1. The van der Waals surface area contributed by atoms with E-state index in [0.717, 1.165) is 44.2 Å². The molecule has 2 N–H and O–H groups in total. The van der Waals surface area contributed by atoms with E-state index in [1.54, 1.807) is 0 Å². The van der Waals surface area contributed by atoms with E-state index in [4.69, 9.17) is 4.99 Å². The first kappa shape index (κ1) is 21.8. The van der Waals surface area contributed by atoms with Crippen molar-refractivity contribution in [3.63, 3.8) is 0 Å². The Labute approximate surface area is 187 Å². The molecule has 0 spiro atoms. The summed E-state index contributed by atoms with van der Waals surface area (Å²) in [5.74, 6) is 2.57. The molecule has 0 aromatic rings. The van der Waals surface area contributed by atoms with E-state index in [0.29, 0.717) is 36.5 Å². The number of hydrogen-bond donors (Lipinski definition) is 2. The second kappa shape index (κ2) is 7.52. The normalized spacial score (nSPS) is 50.6. The van der Waals surface area contributed by atoms with Crippen molar-refractivity contribution >= 4 is 11.5 Å². The number of hydrogen-bond acceptors (Lipinski definition) is 4. The number of carbonyl (C=O) groups excluding carboxylic acids is 1. The fourth-order valence-electron chi connectivity index (χ4n) is 8.87. The van der Waals surface area contributed by atoms with Gasteiger partial charge < -0.3 is 10.2 Å². The van der Waals surface area contributed by atoms with Gasteiger partial charge in [0.2, 0.25) is 0 Å². The molecule has 0 aromatic heterocycles. The van der Waals surface area contributed by atoms with E-state index < -0.39 is 0 Å². The second-order valence-corrected chi connectivity index (χ2v) is 12.2. The van der Waals surface area contributed by atoms with E-state index in [2.05, 4.69) is 26.8 Å². The lowest BCUT2D eigenvalue weighted by Crippen LogP contribution is -2.51. The van der Waals surface area contributed by atoms with Gasteiger partial charge in [0, 0.05) is 30.5 Å². The Bertz CT molecular complexity index is 817. The average Bonchev–Trinajstić information content (AvgIpc) is 3.00. The maximum Gasteiger partial charge on any atom is 0.143 e. The van der Waals surface area contributed by atoms with Crippen LogP contribution in [0.2, 0.25) is 0 Å². The van der Waals surface area contributed by atoms with Crippen LogP contribution in [0.3, 0.4) is 0 Å². The molecule has 0 aromatic carbocycles. The Kier molecular flexibility index (Phi) is 5.29. The molecule has 3 saturated carbocycles. The number of Topliss-reactive ketones (excluding diaryl/α,β-unsaturated/α-hetero) is 1. The standard InChI is InChI=1S/C27H41NO3/c1-15-14-28-22(13-23(15)30)16(2)25-24(31)12-21-19-6-5-17-11-18(29)7-9-26(17,3)20(19)8-10-27(21,25)4/h5,15-16,18-21,24-25,29,31H,6-14H2,1-4H3/t15-,16-,18+,19-,20+,21+,24-,25+,26+,27+/m1/s1. The topological polar surface area (TPSA) is 69.9 Å². The highest BCUT2D eigenvalue weighted by Crippen LogP contribution is 2.67. The average molecular weight is 428 g/mol. The molecule has 3 fully saturated rings. The zero-order valence-corrected chi connectivity index (χ0v) is 19.8. The van der Waals surface area contributed by atoms with Crippen molar-refractivity contribution in [2.75, 3.05) is 6.54 Å². The zero-order valence-electron chi connectivity index (χ0n) is 19.8. The van der Waals surface area contributed by atoms with Gasteiger partial charge in [-0.25, -0.2) is 0 Å². The Balaban J connectivity index is 1.42. The molecule has 1 aliphatic heterocycles. The zero-order chi connectivity index (χ0) is 22.1. The fraction of sp³-hybridized carbons (Fsp3) is 0.852. The molecule has 31 heavy (non-hydrogen) atoms. The molecule has 10 atom stereocenters. The SMILES string of the molecule is C[C@@H]1CN=C([C@@H](C)[C@H]2[C@H](O)C[C@H]3[C@@H]4CC=C5C[C@@H](O)CC[C@]5(C)[C@H]4CC[C@]23C)CC1=O. The first-order valence-corrected chi connectivity index (χ1v) is 12.8. The van der Waals surface area contributed by atoms with Crippen LogP contribution in [-0.2, 0) is 4.79 Å². The Morgan fingerprint density at radius 2 is 1.94 bits per heavy atom. The van der Waals surface area contributed by atoms with E-state index in [-0.39, 0.29) is 40.8 Å². The number of ketones is 1. The van der Waals surface area contributed by atoms with Crippen molar-refractivity contribution in [1.29, 1.82) is 0 Å². The molecule has 0 saturated heterocycles. The summed E-state index contributed by atoms with van der Waals surface area (Å²) >= 11 is 0. The first-order valence-electron chi connectivity index (χ1n) is 12.8. The predicted octanol–water partition coefficient (Wildman–Crippen LogP) is 4.58. The smallest absolute Gasteiger partial charge is 0.143 e. The molecule has 5 rings (SSSR count). The van der Waals surface area contributed by atoms with E-state index in [1.165, 1.54) is 12.0 Å². The summed E-state index contributed by atoms with van der Waals surface area (Å²) < 4.78 is 0. The molecular formula is C27H41NO3. The Morgan fingerprint density at radius 1 is 1.16 bits per heavy atom. The maximum absolute atomic E-state index is 12.4. The third-order valence-corrected chi connectivity index (χ3v) is 10.7. The van der Waals surface area contributed by atoms with Crippen LogP contribution in [0.4, 0.5) is 0 Å². The summed E-state index contributed by atoms with van der Waals surface area (Å²) in [5.41, 5.74) is 2.89. The van der Waals surface area contributed by atoms with Gasteiger partial charge in [-0.15, -0.1) is 0 Å². The minimum atomic E-state index is -0.299. The summed E-state index contributed by atoms with van der Waals surface area (Å²) in [4.78, 5) is 17.2. The highest BCUT2D eigenvalue weighted by atomic mass is 16.3. The summed E-state index contributed by atoms with van der Waals surface area (Å²) in [6.07, 6.45) is 9.74. The van der Waals surface area contributed by atoms with Crippen molar-refractivity contribution in [3.05, 3.63) is 11.6 Å². The number of aliphatic hydroxyl groups excluding tert-OH is 2. The number of aliphatic imine (C=N–C) groups is 1. The molecule has 4 heteroatoms. The van der Waals surface area contributed by atoms with Crippen LogP contribution in [0.15, 0.2) is 16.6 Å². The highest BCUT2D eigenvalue weighted by Gasteiger charge is 2.62. The van der Waals surface area contributed by atoms with Crippen LogP contribution in [0.1, 0.15) is 79.1 Å². The predicted molar refractivity (Wildman–Crippen MR) is 123 cm³/mol. The summed E-state index contributed by atoms with van der Waals surface area (Å²) in [6.45, 7) is 9.71. The van der Waals surface area contributed by atoms with Crippen molar-refractivity contribution in [2.45, 2.75) is 91.3 Å². The number of rotatable bonds is 2. The summed E-state index contributed by atoms with van der Waals surface area (Å²) in [5, 5.41) is 21.6. The van der Waals surface area contributed by atoms with Crippen LogP contribution in [-0.4, -0.2) is 40.5 Å². The van der Waals surface area contributed by atoms with Crippen LogP contribution < -0.4 is 0 Å². The minimum absolute atomic E-state index is 0.0428. The largest absolute Gasteiger partial charge is 0.393 e. The van der Waals surface area contributed by atoms with Gasteiger partial charge in [0.25, 0.3) is 0 Å². The van der Waals surface area contributed by atoms with Crippen molar-refractivity contribution < 1.29 is 15.0 Å². The molecule has 172 valence electrons. The summed E-state index contributed by atoms with van der Waals surface area (Å²) in [7, 11) is 0. The van der Waals surface area contributed by atoms with Crippen molar-refractivity contribution in [3.8, 4) is 0 Å². The molecule has 4 aliphatic carbocycles. The monoisotopic (exact) mass is 427 g/mol. The number of nitrogens with zero attached hydrogens (tertiary/aromatic N) is 1. The van der Waals surface area contributed by atoms with E-state index in [9.17, 15) is 15.0 Å². The lowest BCUT2D eigenvalue weighted by molar-refractivity contribution is -0.121. The minimum Gasteiger partial charge on any atom is -0.393 e. The first-order chi connectivity index (χ1) is 14.6. The van der Waals surface area contributed by atoms with Gasteiger partial charge in [0.1, 0.15) is 5.78 Å². The van der Waals surface area contributed by atoms with Crippen LogP contribution in [0.25, 0.3) is 0 Å². The lowest BCUT2D eigenvalue weighted by atomic mass is 9.47. The molecule has 5 aliphatic rings. The number of carbonyl (C=O) groups is 1. The van der Waals surface area contributed by atoms with Crippen molar-refractivity contribution in [2.24, 2.45) is 51.3 Å². The number of aliphatic hydroxyl groups is 2. The van der Waals surface area contributed by atoms with E-state index in [1.807, 2.05) is 6.92 Å². The second-order valence-electron chi connectivity index (χ2n) is 12.2. The molecular weight excluding hydrogens is 386 g/mol. The third kappa shape index (κ3) is 3.22. The van der Waals surface area contributed by atoms with Gasteiger partial charge in [-0.2, -0.15) is 0 Å². The molecule has 0 unspecified atom stereocenters. The van der Waals surface area contributed by atoms with Gasteiger partial charge in [0.05, 0.1) is 12.2 Å². The van der Waals surface area contributed by atoms with Gasteiger partial charge in [0.15, 0.2) is 0 Å². The quantitative estimate of drug-likeness (QED) is 0.634. The van der Waals surface area contributed by atoms with E-state index >= 15 is 0 Å². The van der Waals surface area contributed by atoms with Crippen LogP contribution >= 0.6 is 0 Å². The van der Waals surface area contributed by atoms with Crippen LogP contribution in [0.5, 0.6) is 0 Å². The van der Waals surface area contributed by atoms with Gasteiger partial charge in [-0.3, -0.25) is 9.79 Å². The Hall–Kier alpha value is -1.00. The fourth-order valence-corrected chi connectivity index (χ4v) is 8.87. The molecule has 0 amide bonds. The van der Waals surface area contributed by atoms with Gasteiger partial charge >= 0.3 is 0 Å². The number of fused-ring (bicyclic) bond motifs is 5. The highest BCUT2D eigenvalue weighted by molar-refractivity contribution is 6.05.